The largest absolute Gasteiger partial charge is 0.384 e. The summed E-state index contributed by atoms with van der Waals surface area (Å²) >= 11 is 0. The third-order valence-electron chi connectivity index (χ3n) is 3.37. The highest BCUT2D eigenvalue weighted by atomic mass is 16.5. The van der Waals surface area contributed by atoms with E-state index in [2.05, 4.69) is 0 Å². The van der Waals surface area contributed by atoms with Gasteiger partial charge in [0.05, 0.1) is 13.2 Å². The van der Waals surface area contributed by atoms with Crippen LogP contribution in [-0.4, -0.2) is 33.2 Å². The van der Waals surface area contributed by atoms with Crippen LogP contribution in [0.25, 0.3) is 0 Å². The molecule has 2 aliphatic rings. The van der Waals surface area contributed by atoms with E-state index in [-0.39, 0.29) is 11.8 Å². The molecule has 0 radical (unpaired) electrons. The van der Waals surface area contributed by atoms with Gasteiger partial charge in [-0.05, 0) is 0 Å². The molecule has 0 saturated heterocycles. The van der Waals surface area contributed by atoms with Crippen LogP contribution in [0.4, 0.5) is 0 Å². The number of hydrogen-bond acceptors (Lipinski definition) is 3. The van der Waals surface area contributed by atoms with Gasteiger partial charge in [0.15, 0.2) is 0 Å². The van der Waals surface area contributed by atoms with Crippen molar-refractivity contribution in [3.63, 3.8) is 0 Å². The molecule has 1 saturated carbocycles. The molecule has 0 unspecified atom stereocenters. The zero-order valence-electron chi connectivity index (χ0n) is 8.60. The number of carbonyl (C=O) groups is 1. The molecule has 0 aromatic carbocycles. The topological polar surface area (TPSA) is 35.5 Å². The van der Waals surface area contributed by atoms with Gasteiger partial charge in [0.2, 0.25) is 0 Å². The summed E-state index contributed by atoms with van der Waals surface area (Å²) in [6.45, 7) is 1.32. The molecular formula is C11H16O3. The highest BCUT2D eigenvalue weighted by Crippen LogP contribution is 2.45. The molecule has 0 aliphatic heterocycles. The smallest absolute Gasteiger partial charge is 0.147 e. The van der Waals surface area contributed by atoms with Crippen molar-refractivity contribution in [2.75, 3.05) is 27.4 Å². The molecule has 0 heterocycles. The Morgan fingerprint density at radius 2 is 1.50 bits per heavy atom. The van der Waals surface area contributed by atoms with Gasteiger partial charge in [-0.15, -0.1) is 0 Å². The maximum Gasteiger partial charge on any atom is 0.147 e. The number of methoxy groups -OCH3 is 2. The van der Waals surface area contributed by atoms with E-state index < -0.39 is 0 Å². The average molecular weight is 196 g/mol. The first kappa shape index (κ1) is 9.87. The van der Waals surface area contributed by atoms with E-state index in [1.54, 1.807) is 14.2 Å². The second-order valence-electron chi connectivity index (χ2n) is 4.08. The predicted molar refractivity (Wildman–Crippen MR) is 51.9 cm³/mol. The average Bonchev–Trinajstić information content (AvgIpc) is 2.64. The molecule has 0 aromatic heterocycles. The first-order valence-corrected chi connectivity index (χ1v) is 4.99. The number of fused-ring (bicyclic) bond motifs is 2. The summed E-state index contributed by atoms with van der Waals surface area (Å²) in [7, 11) is 3.37. The van der Waals surface area contributed by atoms with E-state index in [9.17, 15) is 4.79 Å². The maximum absolute atomic E-state index is 11.8. The molecule has 4 atom stereocenters. The minimum absolute atomic E-state index is 0.0834. The number of allylic oxidation sites excluding steroid dienone is 2. The zero-order chi connectivity index (χ0) is 10.1. The van der Waals surface area contributed by atoms with Crippen molar-refractivity contribution in [1.29, 1.82) is 0 Å². The van der Waals surface area contributed by atoms with Crippen molar-refractivity contribution in [3.05, 3.63) is 12.2 Å². The number of rotatable bonds is 4. The monoisotopic (exact) mass is 196 g/mol. The first-order chi connectivity index (χ1) is 6.79. The van der Waals surface area contributed by atoms with Crippen LogP contribution >= 0.6 is 0 Å². The van der Waals surface area contributed by atoms with Gasteiger partial charge >= 0.3 is 0 Å². The van der Waals surface area contributed by atoms with Crippen LogP contribution in [0.2, 0.25) is 0 Å². The van der Waals surface area contributed by atoms with Crippen LogP contribution in [0.5, 0.6) is 0 Å². The molecule has 1 fully saturated rings. The van der Waals surface area contributed by atoms with Gasteiger partial charge < -0.3 is 9.47 Å². The lowest BCUT2D eigenvalue weighted by Crippen LogP contribution is -2.27. The summed E-state index contributed by atoms with van der Waals surface area (Å²) in [5.41, 5.74) is 0. The lowest BCUT2D eigenvalue weighted by Gasteiger charge is -2.25. The zero-order valence-corrected chi connectivity index (χ0v) is 8.60. The summed E-state index contributed by atoms with van der Waals surface area (Å²) in [5.74, 6) is 1.17. The highest BCUT2D eigenvalue weighted by molar-refractivity contribution is 5.92. The molecule has 78 valence electrons. The van der Waals surface area contributed by atoms with Crippen LogP contribution in [0.15, 0.2) is 12.2 Å². The second kappa shape index (κ2) is 3.83. The molecule has 0 amide bonds. The molecule has 0 spiro atoms. The van der Waals surface area contributed by atoms with Crippen molar-refractivity contribution in [1.82, 2.24) is 0 Å². The lowest BCUT2D eigenvalue weighted by atomic mass is 9.84. The van der Waals surface area contributed by atoms with Gasteiger partial charge in [0.25, 0.3) is 0 Å². The Kier molecular flexibility index (Phi) is 2.70. The van der Waals surface area contributed by atoms with E-state index in [0.29, 0.717) is 30.8 Å². The van der Waals surface area contributed by atoms with Crippen LogP contribution in [-0.2, 0) is 14.3 Å². The quantitative estimate of drug-likeness (QED) is 0.627. The van der Waals surface area contributed by atoms with E-state index >= 15 is 0 Å². The Morgan fingerprint density at radius 1 is 1.07 bits per heavy atom. The fourth-order valence-corrected chi connectivity index (χ4v) is 2.73. The van der Waals surface area contributed by atoms with Crippen LogP contribution < -0.4 is 0 Å². The predicted octanol–water partition coefficient (Wildman–Crippen LogP) is 0.897. The lowest BCUT2D eigenvalue weighted by molar-refractivity contribution is -0.121. The fourth-order valence-electron chi connectivity index (χ4n) is 2.73. The van der Waals surface area contributed by atoms with Crippen molar-refractivity contribution >= 4 is 5.78 Å². The Balaban J connectivity index is 2.14. The normalized spacial score (nSPS) is 39.7. The van der Waals surface area contributed by atoms with Crippen LogP contribution in [0.3, 0.4) is 0 Å². The minimum atomic E-state index is 0.0834. The summed E-state index contributed by atoms with van der Waals surface area (Å²) < 4.78 is 10.3. The van der Waals surface area contributed by atoms with Gasteiger partial charge in [-0.2, -0.15) is 0 Å². The summed E-state index contributed by atoms with van der Waals surface area (Å²) in [6, 6.07) is 0. The van der Waals surface area contributed by atoms with Crippen molar-refractivity contribution in [2.45, 2.75) is 0 Å². The number of Topliss-reactive ketones (excluding diaryl/α,β-unsaturated/α-hetero) is 1. The van der Waals surface area contributed by atoms with Gasteiger partial charge in [0.1, 0.15) is 5.78 Å². The van der Waals surface area contributed by atoms with Gasteiger partial charge in [-0.25, -0.2) is 0 Å². The molecule has 3 heteroatoms. The van der Waals surface area contributed by atoms with Crippen LogP contribution in [0.1, 0.15) is 0 Å². The molecule has 0 N–H and O–H groups in total. The van der Waals surface area contributed by atoms with E-state index in [1.807, 2.05) is 12.2 Å². The third-order valence-corrected chi connectivity index (χ3v) is 3.37. The molecule has 0 aromatic rings. The van der Waals surface area contributed by atoms with Crippen molar-refractivity contribution < 1.29 is 14.3 Å². The van der Waals surface area contributed by atoms with E-state index in [0.717, 1.165) is 0 Å². The van der Waals surface area contributed by atoms with Gasteiger partial charge in [-0.3, -0.25) is 4.79 Å². The molecule has 2 bridgehead atoms. The van der Waals surface area contributed by atoms with Gasteiger partial charge in [-0.1, -0.05) is 12.2 Å². The summed E-state index contributed by atoms with van der Waals surface area (Å²) in [5, 5.41) is 0. The fraction of sp³-hybridized carbons (Fsp3) is 0.727. The number of ether oxygens (including phenoxy) is 2. The number of hydrogen-bond donors (Lipinski definition) is 0. The Hall–Kier alpha value is -0.670. The molecule has 3 nitrogen and oxygen atoms in total. The van der Waals surface area contributed by atoms with E-state index in [4.69, 9.17) is 9.47 Å². The molecule has 2 rings (SSSR count). The number of carbonyl (C=O) groups excluding carboxylic acids is 1. The Morgan fingerprint density at radius 3 is 1.86 bits per heavy atom. The van der Waals surface area contributed by atoms with Crippen LogP contribution in [0, 0.1) is 23.7 Å². The van der Waals surface area contributed by atoms with E-state index in [1.165, 1.54) is 0 Å². The summed E-state index contributed by atoms with van der Waals surface area (Å²) in [6.07, 6.45) is 4.06. The standard InChI is InChI=1S/C11H16O3/c1-13-5-9-7-3-4-8(11(7)12)10(9)6-14-2/h3-4,7-10H,5-6H2,1-2H3/t7-,8+,9+,10-. The molecule has 2 aliphatic carbocycles. The Labute approximate surface area is 84.1 Å². The second-order valence-corrected chi connectivity index (χ2v) is 4.08. The van der Waals surface area contributed by atoms with Crippen molar-refractivity contribution in [2.24, 2.45) is 23.7 Å². The first-order valence-electron chi connectivity index (χ1n) is 4.99. The Bertz CT molecular complexity index is 235. The van der Waals surface area contributed by atoms with Gasteiger partial charge in [0, 0.05) is 37.9 Å². The SMILES string of the molecule is COC[C@@H]1[C@H](COC)[C@@H]2C=C[C@H]1C2=O. The maximum atomic E-state index is 11.8. The number of ketones is 1. The van der Waals surface area contributed by atoms with Crippen molar-refractivity contribution in [3.8, 4) is 0 Å². The molecule has 14 heavy (non-hydrogen) atoms. The summed E-state index contributed by atoms with van der Waals surface area (Å²) in [4.78, 5) is 11.8. The molecular weight excluding hydrogens is 180 g/mol. The minimum Gasteiger partial charge on any atom is -0.384 e. The third kappa shape index (κ3) is 1.31. The highest BCUT2D eigenvalue weighted by Gasteiger charge is 2.50.